The summed E-state index contributed by atoms with van der Waals surface area (Å²) in [5.74, 6) is 0.0679. The molecule has 2 aromatic heterocycles. The Labute approximate surface area is 109 Å². The van der Waals surface area contributed by atoms with Crippen LogP contribution < -0.4 is 4.74 Å². The SMILES string of the molecule is COC(=O)/C=C/c1cc(OC)c2c(C#N)cnn2c1. The highest BCUT2D eigenvalue weighted by atomic mass is 16.5. The molecule has 0 radical (unpaired) electrons. The van der Waals surface area contributed by atoms with Gasteiger partial charge in [0.2, 0.25) is 0 Å². The van der Waals surface area contributed by atoms with Gasteiger partial charge in [0.15, 0.2) is 0 Å². The first-order valence-corrected chi connectivity index (χ1v) is 5.41. The minimum Gasteiger partial charge on any atom is -0.494 e. The molecule has 0 fully saturated rings. The Morgan fingerprint density at radius 3 is 2.95 bits per heavy atom. The molecule has 2 aromatic rings. The monoisotopic (exact) mass is 257 g/mol. The van der Waals surface area contributed by atoms with E-state index in [2.05, 4.69) is 9.84 Å². The van der Waals surface area contributed by atoms with Gasteiger partial charge >= 0.3 is 5.97 Å². The van der Waals surface area contributed by atoms with Crippen molar-refractivity contribution in [2.45, 2.75) is 0 Å². The number of rotatable bonds is 3. The maximum atomic E-state index is 11.0. The van der Waals surface area contributed by atoms with Gasteiger partial charge in [-0.1, -0.05) is 0 Å². The van der Waals surface area contributed by atoms with Crippen molar-refractivity contribution in [2.75, 3.05) is 14.2 Å². The largest absolute Gasteiger partial charge is 0.494 e. The minimum absolute atomic E-state index is 0.431. The summed E-state index contributed by atoms with van der Waals surface area (Å²) in [7, 11) is 2.82. The molecule has 0 aromatic carbocycles. The van der Waals surface area contributed by atoms with Crippen molar-refractivity contribution in [3.63, 3.8) is 0 Å². The number of methoxy groups -OCH3 is 2. The molecular weight excluding hydrogens is 246 g/mol. The zero-order valence-corrected chi connectivity index (χ0v) is 10.5. The first-order valence-electron chi connectivity index (χ1n) is 5.41. The quantitative estimate of drug-likeness (QED) is 0.613. The number of nitrogens with zero attached hydrogens (tertiary/aromatic N) is 3. The fourth-order valence-electron chi connectivity index (χ4n) is 1.66. The lowest BCUT2D eigenvalue weighted by molar-refractivity contribution is -0.134. The van der Waals surface area contributed by atoms with Gasteiger partial charge in [-0.25, -0.2) is 9.31 Å². The number of ether oxygens (including phenoxy) is 2. The van der Waals surface area contributed by atoms with Gasteiger partial charge in [-0.05, 0) is 17.7 Å². The van der Waals surface area contributed by atoms with Crippen molar-refractivity contribution < 1.29 is 14.3 Å². The van der Waals surface area contributed by atoms with E-state index in [1.165, 1.54) is 31.0 Å². The van der Waals surface area contributed by atoms with Crippen molar-refractivity contribution in [2.24, 2.45) is 0 Å². The van der Waals surface area contributed by atoms with Gasteiger partial charge in [0.1, 0.15) is 22.9 Å². The zero-order valence-electron chi connectivity index (χ0n) is 10.5. The number of aromatic nitrogens is 2. The van der Waals surface area contributed by atoms with Gasteiger partial charge in [0.05, 0.1) is 20.4 Å². The number of esters is 1. The van der Waals surface area contributed by atoms with E-state index < -0.39 is 5.97 Å². The molecule has 0 N–H and O–H groups in total. The van der Waals surface area contributed by atoms with E-state index >= 15 is 0 Å². The van der Waals surface area contributed by atoms with Crippen LogP contribution in [0.3, 0.4) is 0 Å². The third-order valence-electron chi connectivity index (χ3n) is 2.55. The summed E-state index contributed by atoms with van der Waals surface area (Å²) in [4.78, 5) is 11.0. The van der Waals surface area contributed by atoms with E-state index in [1.54, 1.807) is 18.3 Å². The molecule has 6 nitrogen and oxygen atoms in total. The first-order chi connectivity index (χ1) is 9.19. The third-order valence-corrected chi connectivity index (χ3v) is 2.55. The summed E-state index contributed by atoms with van der Waals surface area (Å²) < 4.78 is 11.3. The van der Waals surface area contributed by atoms with Crippen LogP contribution in [0.1, 0.15) is 11.1 Å². The first kappa shape index (κ1) is 12.6. The van der Waals surface area contributed by atoms with Crippen molar-refractivity contribution >= 4 is 17.6 Å². The van der Waals surface area contributed by atoms with Crippen molar-refractivity contribution in [1.82, 2.24) is 9.61 Å². The second-order valence-electron chi connectivity index (χ2n) is 3.66. The Morgan fingerprint density at radius 1 is 1.53 bits per heavy atom. The van der Waals surface area contributed by atoms with Gasteiger partial charge in [-0.2, -0.15) is 10.4 Å². The van der Waals surface area contributed by atoms with Crippen LogP contribution in [0.5, 0.6) is 5.75 Å². The highest BCUT2D eigenvalue weighted by Gasteiger charge is 2.10. The van der Waals surface area contributed by atoms with Crippen LogP contribution in [-0.2, 0) is 9.53 Å². The molecule has 0 aliphatic heterocycles. The number of carbonyl (C=O) groups is 1. The van der Waals surface area contributed by atoms with E-state index in [4.69, 9.17) is 10.00 Å². The fourth-order valence-corrected chi connectivity index (χ4v) is 1.66. The van der Waals surface area contributed by atoms with Crippen molar-refractivity contribution in [1.29, 1.82) is 5.26 Å². The highest BCUT2D eigenvalue weighted by molar-refractivity contribution is 5.87. The van der Waals surface area contributed by atoms with E-state index in [0.29, 0.717) is 22.4 Å². The predicted octanol–water partition coefficient (Wildman–Crippen LogP) is 1.40. The lowest BCUT2D eigenvalue weighted by atomic mass is 10.2. The Kier molecular flexibility index (Phi) is 3.48. The summed E-state index contributed by atoms with van der Waals surface area (Å²) in [6.07, 6.45) is 6.04. The smallest absolute Gasteiger partial charge is 0.330 e. The van der Waals surface area contributed by atoms with Crippen LogP contribution in [0.2, 0.25) is 0 Å². The van der Waals surface area contributed by atoms with E-state index in [9.17, 15) is 4.79 Å². The molecule has 6 heteroatoms. The molecule has 0 aliphatic carbocycles. The Morgan fingerprint density at radius 2 is 2.32 bits per heavy atom. The Bertz CT molecular complexity index is 695. The average molecular weight is 257 g/mol. The Hall–Kier alpha value is -2.81. The lowest BCUT2D eigenvalue weighted by Crippen LogP contribution is -1.96. The summed E-state index contributed by atoms with van der Waals surface area (Å²) in [6.45, 7) is 0. The molecule has 0 bridgehead atoms. The van der Waals surface area contributed by atoms with E-state index in [0.717, 1.165) is 0 Å². The highest BCUT2D eigenvalue weighted by Crippen LogP contribution is 2.24. The maximum absolute atomic E-state index is 11.0. The zero-order chi connectivity index (χ0) is 13.8. The van der Waals surface area contributed by atoms with Gasteiger partial charge in [-0.3, -0.25) is 0 Å². The van der Waals surface area contributed by atoms with Crippen molar-refractivity contribution in [3.8, 4) is 11.8 Å². The molecule has 0 saturated heterocycles. The summed E-state index contributed by atoms with van der Waals surface area (Å²) in [6, 6.07) is 3.77. The molecule has 19 heavy (non-hydrogen) atoms. The van der Waals surface area contributed by atoms with Crippen LogP contribution in [0.15, 0.2) is 24.5 Å². The van der Waals surface area contributed by atoms with Crippen molar-refractivity contribution in [3.05, 3.63) is 35.7 Å². The second kappa shape index (κ2) is 5.23. The molecule has 0 spiro atoms. The fraction of sp³-hybridized carbons (Fsp3) is 0.154. The van der Waals surface area contributed by atoms with Crippen LogP contribution in [0, 0.1) is 11.3 Å². The maximum Gasteiger partial charge on any atom is 0.330 e. The number of hydrogen-bond donors (Lipinski definition) is 0. The van der Waals surface area contributed by atoms with Gasteiger partial charge in [-0.15, -0.1) is 0 Å². The Balaban J connectivity index is 2.52. The summed E-state index contributed by atoms with van der Waals surface area (Å²) in [5, 5.41) is 13.1. The molecular formula is C13H11N3O3. The molecule has 0 unspecified atom stereocenters. The second-order valence-corrected chi connectivity index (χ2v) is 3.66. The molecule has 2 rings (SSSR count). The minimum atomic E-state index is -0.447. The number of hydrogen-bond acceptors (Lipinski definition) is 5. The average Bonchev–Trinajstić information content (AvgIpc) is 2.86. The third kappa shape index (κ3) is 2.40. The van der Waals surface area contributed by atoms with Crippen LogP contribution in [0.4, 0.5) is 0 Å². The molecule has 0 aliphatic rings. The molecule has 2 heterocycles. The number of nitriles is 1. The summed E-state index contributed by atoms with van der Waals surface area (Å²) >= 11 is 0. The van der Waals surface area contributed by atoms with Gasteiger partial charge in [0.25, 0.3) is 0 Å². The van der Waals surface area contributed by atoms with Gasteiger partial charge in [0, 0.05) is 12.3 Å². The molecule has 0 atom stereocenters. The van der Waals surface area contributed by atoms with E-state index in [-0.39, 0.29) is 0 Å². The van der Waals surface area contributed by atoms with E-state index in [1.807, 2.05) is 6.07 Å². The van der Waals surface area contributed by atoms with Crippen LogP contribution >= 0.6 is 0 Å². The summed E-state index contributed by atoms with van der Waals surface area (Å²) in [5.41, 5.74) is 1.74. The molecule has 0 saturated carbocycles. The molecule has 0 amide bonds. The van der Waals surface area contributed by atoms with Crippen LogP contribution in [0.25, 0.3) is 11.6 Å². The normalized spacial score (nSPS) is 10.6. The predicted molar refractivity (Wildman–Crippen MR) is 67.5 cm³/mol. The topological polar surface area (TPSA) is 76.6 Å². The number of fused-ring (bicyclic) bond motifs is 1. The lowest BCUT2D eigenvalue weighted by Gasteiger charge is -2.05. The standard InChI is InChI=1S/C13H11N3O3/c1-18-11-5-9(3-4-12(17)19-2)8-16-13(11)10(6-14)7-15-16/h3-5,7-8H,1-2H3/b4-3+. The number of carbonyl (C=O) groups excluding carboxylic acids is 1. The van der Waals surface area contributed by atoms with Gasteiger partial charge < -0.3 is 9.47 Å². The van der Waals surface area contributed by atoms with Crippen LogP contribution in [-0.4, -0.2) is 29.8 Å². The molecule has 96 valence electrons. The number of pyridine rings is 1.